The molecule has 1 aromatic heterocycles. The second-order valence-corrected chi connectivity index (χ2v) is 9.94. The van der Waals surface area contributed by atoms with Crippen molar-refractivity contribution in [2.45, 2.75) is 33.2 Å². The molecule has 0 saturated carbocycles. The minimum Gasteiger partial charge on any atom is -0.496 e. The summed E-state index contributed by atoms with van der Waals surface area (Å²) < 4.78 is 9.62. The van der Waals surface area contributed by atoms with E-state index in [1.807, 2.05) is 0 Å². The monoisotopic (exact) mass is 511 g/mol. The SMILES string of the molecule is CCCN1c2cccc(OC)c2-c2c3c1cccc3[n+](CCC)c1ccc3cc(Br)ccc3c21. The molecule has 4 aromatic carbocycles. The van der Waals surface area contributed by atoms with Crippen LogP contribution in [0.25, 0.3) is 43.7 Å². The highest BCUT2D eigenvalue weighted by Crippen LogP contribution is 2.53. The zero-order valence-corrected chi connectivity index (χ0v) is 21.4. The highest BCUT2D eigenvalue weighted by Gasteiger charge is 2.33. The number of methoxy groups -OCH3 is 1. The topological polar surface area (TPSA) is 16.4 Å². The van der Waals surface area contributed by atoms with Gasteiger partial charge in [-0.15, -0.1) is 0 Å². The number of nitrogens with zero attached hydrogens (tertiary/aromatic N) is 2. The minimum absolute atomic E-state index is 0.929. The van der Waals surface area contributed by atoms with Gasteiger partial charge in [0.15, 0.2) is 0 Å². The first-order chi connectivity index (χ1) is 16.7. The number of aromatic nitrogens is 1. The molecule has 34 heavy (non-hydrogen) atoms. The van der Waals surface area contributed by atoms with Gasteiger partial charge in [0, 0.05) is 40.7 Å². The number of aryl methyl sites for hydroxylation is 1. The van der Waals surface area contributed by atoms with E-state index in [1.165, 1.54) is 55.1 Å². The van der Waals surface area contributed by atoms with Gasteiger partial charge in [0.2, 0.25) is 11.0 Å². The first-order valence-electron chi connectivity index (χ1n) is 12.1. The molecule has 1 aliphatic heterocycles. The van der Waals surface area contributed by atoms with E-state index in [2.05, 4.69) is 106 Å². The van der Waals surface area contributed by atoms with Crippen LogP contribution < -0.4 is 14.2 Å². The molecule has 0 amide bonds. The molecule has 0 saturated heterocycles. The number of hydrogen-bond acceptors (Lipinski definition) is 2. The van der Waals surface area contributed by atoms with E-state index in [9.17, 15) is 0 Å². The van der Waals surface area contributed by atoms with Crippen LogP contribution in [0, 0.1) is 0 Å². The van der Waals surface area contributed by atoms with Gasteiger partial charge < -0.3 is 9.64 Å². The molecule has 4 heteroatoms. The summed E-state index contributed by atoms with van der Waals surface area (Å²) in [5.74, 6) is 0.929. The maximum atomic E-state index is 6.00. The van der Waals surface area contributed by atoms with E-state index in [1.54, 1.807) is 7.11 Å². The van der Waals surface area contributed by atoms with Crippen molar-refractivity contribution < 1.29 is 9.30 Å². The van der Waals surface area contributed by atoms with Crippen molar-refractivity contribution in [3.05, 3.63) is 71.2 Å². The van der Waals surface area contributed by atoms with Crippen LogP contribution in [-0.2, 0) is 6.54 Å². The Morgan fingerprint density at radius 3 is 2.41 bits per heavy atom. The second kappa shape index (κ2) is 8.28. The van der Waals surface area contributed by atoms with E-state index >= 15 is 0 Å². The van der Waals surface area contributed by atoms with Gasteiger partial charge in [-0.3, -0.25) is 0 Å². The fourth-order valence-electron chi connectivity index (χ4n) is 5.74. The van der Waals surface area contributed by atoms with Gasteiger partial charge in [0.05, 0.1) is 29.3 Å². The van der Waals surface area contributed by atoms with Gasteiger partial charge in [-0.05, 0) is 53.6 Å². The highest BCUT2D eigenvalue weighted by molar-refractivity contribution is 9.10. The highest BCUT2D eigenvalue weighted by atomic mass is 79.9. The molecule has 0 fully saturated rings. The van der Waals surface area contributed by atoms with Crippen LogP contribution >= 0.6 is 15.9 Å². The van der Waals surface area contributed by atoms with E-state index in [0.717, 1.165) is 36.2 Å². The largest absolute Gasteiger partial charge is 0.496 e. The number of rotatable bonds is 5. The Morgan fingerprint density at radius 1 is 0.824 bits per heavy atom. The molecule has 3 nitrogen and oxygen atoms in total. The zero-order valence-electron chi connectivity index (χ0n) is 19.9. The molecule has 0 bridgehead atoms. The lowest BCUT2D eigenvalue weighted by atomic mass is 9.87. The van der Waals surface area contributed by atoms with Gasteiger partial charge in [0.1, 0.15) is 12.3 Å². The molecule has 0 atom stereocenters. The Labute approximate surface area is 208 Å². The molecule has 0 unspecified atom stereocenters. The van der Waals surface area contributed by atoms with Crippen molar-refractivity contribution in [2.24, 2.45) is 0 Å². The van der Waals surface area contributed by atoms with Gasteiger partial charge in [-0.25, -0.2) is 0 Å². The van der Waals surface area contributed by atoms with Crippen LogP contribution in [0.3, 0.4) is 0 Å². The maximum absolute atomic E-state index is 6.00. The van der Waals surface area contributed by atoms with E-state index < -0.39 is 0 Å². The first-order valence-corrected chi connectivity index (χ1v) is 12.9. The summed E-state index contributed by atoms with van der Waals surface area (Å²) in [6.45, 7) is 6.45. The quantitative estimate of drug-likeness (QED) is 0.134. The molecule has 0 aliphatic carbocycles. The van der Waals surface area contributed by atoms with Crippen molar-refractivity contribution >= 4 is 59.9 Å². The van der Waals surface area contributed by atoms with Crippen LogP contribution in [0.2, 0.25) is 0 Å². The van der Waals surface area contributed by atoms with Crippen molar-refractivity contribution in [1.82, 2.24) is 0 Å². The van der Waals surface area contributed by atoms with Crippen molar-refractivity contribution in [3.8, 4) is 16.9 Å². The minimum atomic E-state index is 0.929. The van der Waals surface area contributed by atoms with Crippen LogP contribution in [-0.4, -0.2) is 13.7 Å². The standard InChI is InChI=1S/C30H28BrN2O/c1-4-16-32-22-8-6-9-23-28(22)30(29-24(32)10-7-11-26(29)34-3)27-21-14-13-20(31)18-19(21)12-15-25(27)33(23)17-5-2/h6-15,18H,4-5,16-17H2,1-3H3/q+1. The Bertz CT molecular complexity index is 1590. The average Bonchev–Trinajstić information content (AvgIpc) is 2.86. The number of hydrogen-bond donors (Lipinski definition) is 0. The number of fused-ring (bicyclic) bond motifs is 6. The Hall–Kier alpha value is -3.11. The number of halogens is 1. The lowest BCUT2D eigenvalue weighted by Gasteiger charge is -2.34. The molecule has 0 N–H and O–H groups in total. The normalized spacial score (nSPS) is 12.5. The fourth-order valence-corrected chi connectivity index (χ4v) is 6.12. The molecule has 0 radical (unpaired) electrons. The average molecular weight is 512 g/mol. The summed E-state index contributed by atoms with van der Waals surface area (Å²) in [5, 5.41) is 5.15. The van der Waals surface area contributed by atoms with Gasteiger partial charge in [-0.2, -0.15) is 4.57 Å². The van der Waals surface area contributed by atoms with Crippen molar-refractivity contribution in [2.75, 3.05) is 18.6 Å². The predicted molar refractivity (Wildman–Crippen MR) is 146 cm³/mol. The van der Waals surface area contributed by atoms with E-state index in [-0.39, 0.29) is 0 Å². The van der Waals surface area contributed by atoms with E-state index in [4.69, 9.17) is 4.74 Å². The lowest BCUT2D eigenvalue weighted by molar-refractivity contribution is -0.645. The molecular weight excluding hydrogens is 484 g/mol. The Morgan fingerprint density at radius 2 is 1.62 bits per heavy atom. The number of benzene rings is 4. The third-order valence-electron chi connectivity index (χ3n) is 7.01. The van der Waals surface area contributed by atoms with Crippen LogP contribution in [0.15, 0.2) is 71.2 Å². The van der Waals surface area contributed by atoms with E-state index in [0.29, 0.717) is 0 Å². The summed E-state index contributed by atoms with van der Waals surface area (Å²) in [6.07, 6.45) is 2.15. The summed E-state index contributed by atoms with van der Waals surface area (Å²) >= 11 is 3.68. The molecule has 6 rings (SSSR count). The number of anilines is 2. The van der Waals surface area contributed by atoms with Crippen molar-refractivity contribution in [1.29, 1.82) is 0 Å². The Kier molecular flexibility index (Phi) is 5.22. The molecular formula is C30H28BrN2O+. The first kappa shape index (κ1) is 21.4. The smallest absolute Gasteiger partial charge is 0.215 e. The second-order valence-electron chi connectivity index (χ2n) is 9.03. The maximum Gasteiger partial charge on any atom is 0.215 e. The van der Waals surface area contributed by atoms with Gasteiger partial charge in [-0.1, -0.05) is 48.0 Å². The fraction of sp³-hybridized carbons (Fsp3) is 0.233. The van der Waals surface area contributed by atoms with Crippen LogP contribution in [0.1, 0.15) is 26.7 Å². The predicted octanol–water partition coefficient (Wildman–Crippen LogP) is 8.14. The molecule has 170 valence electrons. The number of pyridine rings is 1. The van der Waals surface area contributed by atoms with Gasteiger partial charge >= 0.3 is 0 Å². The molecule has 2 heterocycles. The third kappa shape index (κ3) is 2.98. The molecule has 1 aliphatic rings. The zero-order chi connectivity index (χ0) is 23.4. The third-order valence-corrected chi connectivity index (χ3v) is 7.51. The lowest BCUT2D eigenvalue weighted by Crippen LogP contribution is -2.36. The summed E-state index contributed by atoms with van der Waals surface area (Å²) in [6, 6.07) is 24.4. The Balaban J connectivity index is 1.93. The van der Waals surface area contributed by atoms with Gasteiger partial charge in [0.25, 0.3) is 0 Å². The summed E-state index contributed by atoms with van der Waals surface area (Å²) in [5.41, 5.74) is 7.57. The summed E-state index contributed by atoms with van der Waals surface area (Å²) in [4.78, 5) is 2.48. The van der Waals surface area contributed by atoms with Crippen LogP contribution in [0.4, 0.5) is 11.4 Å². The van der Waals surface area contributed by atoms with Crippen molar-refractivity contribution in [3.63, 3.8) is 0 Å². The van der Waals surface area contributed by atoms with Crippen LogP contribution in [0.5, 0.6) is 5.75 Å². The summed E-state index contributed by atoms with van der Waals surface area (Å²) in [7, 11) is 1.79. The molecule has 5 aromatic rings. The number of ether oxygens (including phenoxy) is 1. The molecule has 0 spiro atoms.